The van der Waals surface area contributed by atoms with Gasteiger partial charge in [0.05, 0.1) is 24.9 Å². The van der Waals surface area contributed by atoms with Crippen LogP contribution in [0.4, 0.5) is 18.0 Å². The van der Waals surface area contributed by atoms with E-state index in [1.54, 1.807) is 11.8 Å². The van der Waals surface area contributed by atoms with Gasteiger partial charge >= 0.3 is 12.2 Å². The Balaban J connectivity index is 2.34. The Morgan fingerprint density at radius 2 is 2.14 bits per heavy atom. The van der Waals surface area contributed by atoms with Crippen molar-refractivity contribution >= 4 is 6.03 Å². The van der Waals surface area contributed by atoms with E-state index >= 15 is 0 Å². The summed E-state index contributed by atoms with van der Waals surface area (Å²) in [6.45, 7) is 4.95. The third-order valence-electron chi connectivity index (χ3n) is 3.07. The SMILES string of the molecule is CC[C@@H]1CN(C(=O)N[C@@H](C)COCC(F)(F)F)C[C@@H](C)O1. The second-order valence-corrected chi connectivity index (χ2v) is 5.36. The number of rotatable bonds is 5. The van der Waals surface area contributed by atoms with Gasteiger partial charge in [-0.3, -0.25) is 0 Å². The van der Waals surface area contributed by atoms with Crippen molar-refractivity contribution in [1.29, 1.82) is 0 Å². The molecule has 1 aliphatic rings. The van der Waals surface area contributed by atoms with Crippen LogP contribution in [0.1, 0.15) is 27.2 Å². The fraction of sp³-hybridized carbons (Fsp3) is 0.923. The van der Waals surface area contributed by atoms with Crippen molar-refractivity contribution in [2.24, 2.45) is 0 Å². The van der Waals surface area contributed by atoms with Crippen LogP contribution >= 0.6 is 0 Å². The predicted molar refractivity (Wildman–Crippen MR) is 71.1 cm³/mol. The molecule has 1 fully saturated rings. The van der Waals surface area contributed by atoms with E-state index in [4.69, 9.17) is 4.74 Å². The predicted octanol–water partition coefficient (Wildman–Crippen LogP) is 2.16. The van der Waals surface area contributed by atoms with Gasteiger partial charge < -0.3 is 19.7 Å². The highest BCUT2D eigenvalue weighted by atomic mass is 19.4. The maximum absolute atomic E-state index is 12.1. The van der Waals surface area contributed by atoms with Crippen LogP contribution in [-0.4, -0.2) is 61.7 Å². The number of urea groups is 1. The van der Waals surface area contributed by atoms with Gasteiger partial charge in [-0.1, -0.05) is 6.92 Å². The number of alkyl halides is 3. The molecule has 0 radical (unpaired) electrons. The summed E-state index contributed by atoms with van der Waals surface area (Å²) >= 11 is 0. The lowest BCUT2D eigenvalue weighted by Crippen LogP contribution is -2.54. The molecule has 124 valence electrons. The highest BCUT2D eigenvalue weighted by Crippen LogP contribution is 2.15. The molecular weight excluding hydrogens is 289 g/mol. The Hall–Kier alpha value is -1.02. The van der Waals surface area contributed by atoms with Gasteiger partial charge in [-0.25, -0.2) is 4.79 Å². The van der Waals surface area contributed by atoms with Crippen molar-refractivity contribution in [3.63, 3.8) is 0 Å². The molecule has 1 aliphatic heterocycles. The van der Waals surface area contributed by atoms with Gasteiger partial charge in [0.2, 0.25) is 0 Å². The zero-order chi connectivity index (χ0) is 16.0. The van der Waals surface area contributed by atoms with Crippen LogP contribution in [0.3, 0.4) is 0 Å². The maximum atomic E-state index is 12.1. The van der Waals surface area contributed by atoms with Gasteiger partial charge in [-0.2, -0.15) is 13.2 Å². The van der Waals surface area contributed by atoms with E-state index in [2.05, 4.69) is 10.1 Å². The van der Waals surface area contributed by atoms with E-state index in [9.17, 15) is 18.0 Å². The minimum Gasteiger partial charge on any atom is -0.372 e. The average molecular weight is 312 g/mol. The number of carbonyl (C=O) groups is 1. The normalized spacial score (nSPS) is 24.8. The van der Waals surface area contributed by atoms with Crippen molar-refractivity contribution in [2.75, 3.05) is 26.3 Å². The quantitative estimate of drug-likeness (QED) is 0.846. The lowest BCUT2D eigenvalue weighted by Gasteiger charge is -2.37. The van der Waals surface area contributed by atoms with Crippen LogP contribution < -0.4 is 5.32 Å². The molecule has 3 atom stereocenters. The summed E-state index contributed by atoms with van der Waals surface area (Å²) < 4.78 is 46.0. The Morgan fingerprint density at radius 3 is 2.71 bits per heavy atom. The molecule has 0 spiro atoms. The van der Waals surface area contributed by atoms with Crippen LogP contribution in [0, 0.1) is 0 Å². The Labute approximate surface area is 122 Å². The number of carbonyl (C=O) groups excluding carboxylic acids is 1. The molecule has 5 nitrogen and oxygen atoms in total. The third-order valence-corrected chi connectivity index (χ3v) is 3.07. The molecule has 1 N–H and O–H groups in total. The second kappa shape index (κ2) is 7.84. The molecule has 0 aromatic carbocycles. The first kappa shape index (κ1) is 18.0. The van der Waals surface area contributed by atoms with Gasteiger partial charge in [0.15, 0.2) is 0 Å². The van der Waals surface area contributed by atoms with E-state index in [0.29, 0.717) is 13.1 Å². The van der Waals surface area contributed by atoms with E-state index in [1.807, 2.05) is 13.8 Å². The molecule has 0 unspecified atom stereocenters. The minimum atomic E-state index is -4.35. The highest BCUT2D eigenvalue weighted by Gasteiger charge is 2.29. The zero-order valence-electron chi connectivity index (χ0n) is 12.6. The molecule has 0 saturated carbocycles. The van der Waals surface area contributed by atoms with Crippen LogP contribution in [0.15, 0.2) is 0 Å². The largest absolute Gasteiger partial charge is 0.411 e. The van der Waals surface area contributed by atoms with E-state index in [-0.39, 0.29) is 24.8 Å². The fourth-order valence-corrected chi connectivity index (χ4v) is 2.13. The van der Waals surface area contributed by atoms with Crippen molar-refractivity contribution in [1.82, 2.24) is 10.2 Å². The van der Waals surface area contributed by atoms with Crippen molar-refractivity contribution < 1.29 is 27.4 Å². The molecule has 21 heavy (non-hydrogen) atoms. The number of morpholine rings is 1. The van der Waals surface area contributed by atoms with Crippen molar-refractivity contribution in [3.05, 3.63) is 0 Å². The summed E-state index contributed by atoms with van der Waals surface area (Å²) in [6.07, 6.45) is -3.60. The van der Waals surface area contributed by atoms with E-state index < -0.39 is 18.8 Å². The van der Waals surface area contributed by atoms with Crippen LogP contribution in [0.2, 0.25) is 0 Å². The molecule has 0 aromatic heterocycles. The first-order valence-corrected chi connectivity index (χ1v) is 7.06. The minimum absolute atomic E-state index is 0.00344. The summed E-state index contributed by atoms with van der Waals surface area (Å²) in [5.41, 5.74) is 0. The number of hydrogen-bond acceptors (Lipinski definition) is 3. The summed E-state index contributed by atoms with van der Waals surface area (Å²) in [7, 11) is 0. The second-order valence-electron chi connectivity index (χ2n) is 5.36. The molecule has 1 saturated heterocycles. The molecule has 1 rings (SSSR count). The monoisotopic (exact) mass is 312 g/mol. The standard InChI is InChI=1S/C13H23F3N2O3/c1-4-11-6-18(5-10(3)21-11)12(19)17-9(2)7-20-8-13(14,15)16/h9-11H,4-8H2,1-3H3,(H,17,19)/t9-,10+,11+/m0/s1. The smallest absolute Gasteiger partial charge is 0.372 e. The maximum Gasteiger partial charge on any atom is 0.411 e. The molecule has 1 heterocycles. The topological polar surface area (TPSA) is 50.8 Å². The molecule has 2 amide bonds. The van der Waals surface area contributed by atoms with Crippen molar-refractivity contribution in [3.8, 4) is 0 Å². The van der Waals surface area contributed by atoms with Crippen LogP contribution in [0.5, 0.6) is 0 Å². The first-order chi connectivity index (χ1) is 9.71. The number of hydrogen-bond donors (Lipinski definition) is 1. The van der Waals surface area contributed by atoms with Gasteiger partial charge in [-0.05, 0) is 20.3 Å². The van der Waals surface area contributed by atoms with Crippen molar-refractivity contribution in [2.45, 2.75) is 51.6 Å². The zero-order valence-corrected chi connectivity index (χ0v) is 12.6. The summed E-state index contributed by atoms with van der Waals surface area (Å²) in [5, 5.41) is 2.64. The summed E-state index contributed by atoms with van der Waals surface area (Å²) in [5.74, 6) is 0. The number of nitrogens with zero attached hydrogens (tertiary/aromatic N) is 1. The Bertz CT molecular complexity index is 339. The van der Waals surface area contributed by atoms with Gasteiger partial charge in [0.25, 0.3) is 0 Å². The molecule has 0 aliphatic carbocycles. The van der Waals surface area contributed by atoms with Crippen LogP contribution in [0.25, 0.3) is 0 Å². The number of nitrogens with one attached hydrogen (secondary N) is 1. The summed E-state index contributed by atoms with van der Waals surface area (Å²) in [4.78, 5) is 13.7. The number of halogens is 3. The number of ether oxygens (including phenoxy) is 2. The fourth-order valence-electron chi connectivity index (χ4n) is 2.13. The van der Waals surface area contributed by atoms with Gasteiger partial charge in [0, 0.05) is 13.1 Å². The molecular formula is C13H23F3N2O3. The van der Waals surface area contributed by atoms with Gasteiger partial charge in [-0.15, -0.1) is 0 Å². The first-order valence-electron chi connectivity index (χ1n) is 7.06. The molecule has 8 heteroatoms. The highest BCUT2D eigenvalue weighted by molar-refractivity contribution is 5.74. The molecule has 0 aromatic rings. The summed E-state index contributed by atoms with van der Waals surface area (Å²) in [6, 6.07) is -0.787. The average Bonchev–Trinajstić information content (AvgIpc) is 2.36. The Morgan fingerprint density at radius 1 is 1.48 bits per heavy atom. The van der Waals surface area contributed by atoms with E-state index in [0.717, 1.165) is 6.42 Å². The van der Waals surface area contributed by atoms with Gasteiger partial charge in [0.1, 0.15) is 6.61 Å². The lowest BCUT2D eigenvalue weighted by molar-refractivity contribution is -0.174. The van der Waals surface area contributed by atoms with E-state index in [1.165, 1.54) is 0 Å². The third kappa shape index (κ3) is 6.99. The van der Waals surface area contributed by atoms with Crippen LogP contribution in [-0.2, 0) is 9.47 Å². The lowest BCUT2D eigenvalue weighted by atomic mass is 10.2. The Kier molecular flexibility index (Phi) is 6.73. The number of amides is 2. The molecule has 0 bridgehead atoms.